The first-order chi connectivity index (χ1) is 11.6. The first-order valence-corrected chi connectivity index (χ1v) is 8.36. The summed E-state index contributed by atoms with van der Waals surface area (Å²) in [4.78, 5) is 13.3. The molecule has 1 aliphatic rings. The number of aromatic nitrogens is 3. The second-order valence-corrected chi connectivity index (χ2v) is 6.65. The third kappa shape index (κ3) is 2.19. The summed E-state index contributed by atoms with van der Waals surface area (Å²) in [6.45, 7) is 2.04. The van der Waals surface area contributed by atoms with Crippen LogP contribution in [0.1, 0.15) is 42.5 Å². The SMILES string of the molecule is Cc1cc(C2(c3ccccc3)CCCC2)nc2nc(N)nc(N)c12. The van der Waals surface area contributed by atoms with Crippen molar-refractivity contribution in [1.82, 2.24) is 15.0 Å². The van der Waals surface area contributed by atoms with Gasteiger partial charge >= 0.3 is 0 Å². The van der Waals surface area contributed by atoms with Crippen LogP contribution in [-0.2, 0) is 5.41 Å². The second-order valence-electron chi connectivity index (χ2n) is 6.65. The molecule has 2 heterocycles. The van der Waals surface area contributed by atoms with E-state index in [4.69, 9.17) is 16.5 Å². The average Bonchev–Trinajstić information content (AvgIpc) is 3.05. The number of fused-ring (bicyclic) bond motifs is 1. The number of nitrogens with zero attached hydrogens (tertiary/aromatic N) is 3. The largest absolute Gasteiger partial charge is 0.383 e. The molecule has 0 saturated heterocycles. The maximum atomic E-state index is 6.03. The molecule has 1 saturated carbocycles. The number of hydrogen-bond donors (Lipinski definition) is 2. The summed E-state index contributed by atoms with van der Waals surface area (Å²) in [6, 6.07) is 12.8. The third-order valence-corrected chi connectivity index (χ3v) is 5.18. The fourth-order valence-electron chi connectivity index (χ4n) is 4.04. The standard InChI is InChI=1S/C19H21N5/c1-12-11-14(22-17-15(12)16(20)23-18(21)24-17)19(9-5-6-10-19)13-7-3-2-4-8-13/h2-4,7-8,11H,5-6,9-10H2,1H3,(H4,20,21,22,23,24). The van der Waals surface area contributed by atoms with Crippen LogP contribution in [-0.4, -0.2) is 15.0 Å². The molecular formula is C19H21N5. The van der Waals surface area contributed by atoms with E-state index in [2.05, 4.69) is 46.4 Å². The lowest BCUT2D eigenvalue weighted by Crippen LogP contribution is -2.25. The van der Waals surface area contributed by atoms with Gasteiger partial charge in [0.15, 0.2) is 5.65 Å². The Hall–Kier alpha value is -2.69. The summed E-state index contributed by atoms with van der Waals surface area (Å²) in [5.41, 5.74) is 15.8. The van der Waals surface area contributed by atoms with E-state index >= 15 is 0 Å². The minimum atomic E-state index is -0.0469. The Balaban J connectivity index is 1.97. The predicted molar refractivity (Wildman–Crippen MR) is 96.6 cm³/mol. The maximum absolute atomic E-state index is 6.03. The van der Waals surface area contributed by atoms with Gasteiger partial charge in [0, 0.05) is 5.41 Å². The molecule has 0 unspecified atom stereocenters. The summed E-state index contributed by atoms with van der Waals surface area (Å²) in [6.07, 6.45) is 4.62. The molecule has 0 amide bonds. The van der Waals surface area contributed by atoms with Gasteiger partial charge in [-0.2, -0.15) is 9.97 Å². The van der Waals surface area contributed by atoms with E-state index in [0.29, 0.717) is 11.5 Å². The van der Waals surface area contributed by atoms with Crippen molar-refractivity contribution in [3.63, 3.8) is 0 Å². The van der Waals surface area contributed by atoms with E-state index in [1.54, 1.807) is 0 Å². The van der Waals surface area contributed by atoms with Crippen molar-refractivity contribution in [2.45, 2.75) is 38.0 Å². The van der Waals surface area contributed by atoms with Crippen molar-refractivity contribution < 1.29 is 0 Å². The Morgan fingerprint density at radius 2 is 1.67 bits per heavy atom. The number of aryl methyl sites for hydroxylation is 1. The topological polar surface area (TPSA) is 90.7 Å². The van der Waals surface area contributed by atoms with Gasteiger partial charge in [0.1, 0.15) is 5.82 Å². The highest BCUT2D eigenvalue weighted by Gasteiger charge is 2.39. The molecule has 122 valence electrons. The molecule has 5 nitrogen and oxygen atoms in total. The summed E-state index contributed by atoms with van der Waals surface area (Å²) in [7, 11) is 0. The molecule has 5 heteroatoms. The molecule has 0 bridgehead atoms. The Labute approximate surface area is 141 Å². The fourth-order valence-corrected chi connectivity index (χ4v) is 4.04. The lowest BCUT2D eigenvalue weighted by atomic mass is 9.75. The minimum absolute atomic E-state index is 0.0469. The van der Waals surface area contributed by atoms with Crippen LogP contribution in [0.25, 0.3) is 11.0 Å². The predicted octanol–water partition coefficient (Wildman–Crippen LogP) is 3.36. The third-order valence-electron chi connectivity index (χ3n) is 5.18. The van der Waals surface area contributed by atoms with Crippen molar-refractivity contribution >= 4 is 22.8 Å². The Morgan fingerprint density at radius 3 is 2.38 bits per heavy atom. The van der Waals surface area contributed by atoms with Gasteiger partial charge in [0.05, 0.1) is 11.1 Å². The van der Waals surface area contributed by atoms with Gasteiger partial charge in [0.25, 0.3) is 0 Å². The highest BCUT2D eigenvalue weighted by Crippen LogP contribution is 2.46. The van der Waals surface area contributed by atoms with E-state index in [1.165, 1.54) is 18.4 Å². The molecule has 0 spiro atoms. The number of hydrogen-bond acceptors (Lipinski definition) is 5. The van der Waals surface area contributed by atoms with Gasteiger partial charge in [-0.15, -0.1) is 0 Å². The Kier molecular flexibility index (Phi) is 3.37. The highest BCUT2D eigenvalue weighted by molar-refractivity contribution is 5.89. The van der Waals surface area contributed by atoms with Gasteiger partial charge in [0.2, 0.25) is 5.95 Å². The van der Waals surface area contributed by atoms with E-state index in [9.17, 15) is 0 Å². The van der Waals surface area contributed by atoms with Gasteiger partial charge in [-0.3, -0.25) is 0 Å². The van der Waals surface area contributed by atoms with Gasteiger partial charge in [-0.25, -0.2) is 4.98 Å². The smallest absolute Gasteiger partial charge is 0.224 e. The van der Waals surface area contributed by atoms with Crippen LogP contribution in [0.5, 0.6) is 0 Å². The van der Waals surface area contributed by atoms with Crippen LogP contribution in [0, 0.1) is 6.92 Å². The molecule has 1 aromatic carbocycles. The van der Waals surface area contributed by atoms with E-state index in [-0.39, 0.29) is 11.4 Å². The van der Waals surface area contributed by atoms with Crippen LogP contribution in [0.2, 0.25) is 0 Å². The molecule has 1 aliphatic carbocycles. The average molecular weight is 319 g/mol. The number of pyridine rings is 1. The number of anilines is 2. The number of benzene rings is 1. The monoisotopic (exact) mass is 319 g/mol. The number of rotatable bonds is 2. The number of nitrogen functional groups attached to an aromatic ring is 2. The van der Waals surface area contributed by atoms with E-state index < -0.39 is 0 Å². The molecule has 3 aromatic rings. The molecule has 1 fully saturated rings. The van der Waals surface area contributed by atoms with Gasteiger partial charge in [-0.05, 0) is 37.0 Å². The maximum Gasteiger partial charge on any atom is 0.224 e. The van der Waals surface area contributed by atoms with Crippen LogP contribution < -0.4 is 11.5 Å². The van der Waals surface area contributed by atoms with Crippen molar-refractivity contribution in [3.05, 3.63) is 53.2 Å². The van der Waals surface area contributed by atoms with Crippen LogP contribution in [0.4, 0.5) is 11.8 Å². The fraction of sp³-hybridized carbons (Fsp3) is 0.316. The number of nitrogens with two attached hydrogens (primary N) is 2. The van der Waals surface area contributed by atoms with Gasteiger partial charge in [-0.1, -0.05) is 43.2 Å². The first-order valence-electron chi connectivity index (χ1n) is 8.36. The van der Waals surface area contributed by atoms with Crippen LogP contribution in [0.15, 0.2) is 36.4 Å². The molecule has 24 heavy (non-hydrogen) atoms. The quantitative estimate of drug-likeness (QED) is 0.756. The zero-order valence-corrected chi connectivity index (χ0v) is 13.8. The lowest BCUT2D eigenvalue weighted by molar-refractivity contribution is 0.519. The molecule has 4 rings (SSSR count). The molecule has 0 atom stereocenters. The van der Waals surface area contributed by atoms with E-state index in [0.717, 1.165) is 29.5 Å². The minimum Gasteiger partial charge on any atom is -0.383 e. The molecule has 2 aromatic heterocycles. The van der Waals surface area contributed by atoms with E-state index in [1.807, 2.05) is 6.92 Å². The molecule has 0 radical (unpaired) electrons. The summed E-state index contributed by atoms with van der Waals surface area (Å²) in [5.74, 6) is 0.568. The Bertz CT molecular complexity index is 899. The summed E-state index contributed by atoms with van der Waals surface area (Å²) < 4.78 is 0. The lowest BCUT2D eigenvalue weighted by Gasteiger charge is -2.30. The first kappa shape index (κ1) is 14.9. The zero-order valence-electron chi connectivity index (χ0n) is 13.8. The molecule has 4 N–H and O–H groups in total. The van der Waals surface area contributed by atoms with Crippen molar-refractivity contribution in [3.8, 4) is 0 Å². The Morgan fingerprint density at radius 1 is 0.958 bits per heavy atom. The van der Waals surface area contributed by atoms with Crippen molar-refractivity contribution in [2.75, 3.05) is 11.5 Å². The van der Waals surface area contributed by atoms with Crippen LogP contribution in [0.3, 0.4) is 0 Å². The normalized spacial score (nSPS) is 16.5. The zero-order chi connectivity index (χ0) is 16.7. The summed E-state index contributed by atoms with van der Waals surface area (Å²) in [5, 5.41) is 0.800. The van der Waals surface area contributed by atoms with Crippen molar-refractivity contribution in [1.29, 1.82) is 0 Å². The van der Waals surface area contributed by atoms with Crippen molar-refractivity contribution in [2.24, 2.45) is 0 Å². The van der Waals surface area contributed by atoms with Gasteiger partial charge < -0.3 is 11.5 Å². The van der Waals surface area contributed by atoms with Crippen LogP contribution >= 0.6 is 0 Å². The highest BCUT2D eigenvalue weighted by atomic mass is 15.1. The molecule has 0 aliphatic heterocycles. The second kappa shape index (κ2) is 5.44. The molecular weight excluding hydrogens is 298 g/mol. The summed E-state index contributed by atoms with van der Waals surface area (Å²) >= 11 is 0.